The van der Waals surface area contributed by atoms with Gasteiger partial charge in [-0.1, -0.05) is 60.7 Å². The Morgan fingerprint density at radius 3 is 2.48 bits per heavy atom. The molecule has 1 saturated carbocycles. The van der Waals surface area contributed by atoms with Crippen LogP contribution < -0.4 is 5.32 Å². The molecule has 0 bridgehead atoms. The molecule has 1 N–H and O–H groups in total. The highest BCUT2D eigenvalue weighted by molar-refractivity contribution is 5.82. The Hall–Kier alpha value is -2.21. The number of carbonyl (C=O) groups is 1. The highest BCUT2D eigenvalue weighted by Crippen LogP contribution is 2.38. The van der Waals surface area contributed by atoms with Gasteiger partial charge < -0.3 is 15.0 Å². The summed E-state index contributed by atoms with van der Waals surface area (Å²) in [5.41, 5.74) is 2.45. The quantitative estimate of drug-likeness (QED) is 0.749. The molecule has 1 amide bonds. The number of amides is 1. The normalized spacial score (nSPS) is 22.6. The number of hydrogen-bond donors (Lipinski definition) is 1. The number of hydrogen-bond acceptors (Lipinski definition) is 4. The summed E-state index contributed by atoms with van der Waals surface area (Å²) in [7, 11) is 2.08. The van der Waals surface area contributed by atoms with Gasteiger partial charge in [0.15, 0.2) is 6.10 Å². The first kappa shape index (κ1) is 20.1. The van der Waals surface area contributed by atoms with Crippen molar-refractivity contribution in [2.24, 2.45) is 0 Å². The van der Waals surface area contributed by atoms with Gasteiger partial charge in [-0.05, 0) is 31.0 Å². The Morgan fingerprint density at radius 2 is 1.79 bits per heavy atom. The van der Waals surface area contributed by atoms with Gasteiger partial charge in [-0.3, -0.25) is 9.69 Å². The Balaban J connectivity index is 1.35. The molecule has 0 aromatic heterocycles. The van der Waals surface area contributed by atoms with Crippen molar-refractivity contribution < 1.29 is 9.53 Å². The van der Waals surface area contributed by atoms with Gasteiger partial charge in [-0.2, -0.15) is 0 Å². The van der Waals surface area contributed by atoms with Crippen LogP contribution in [-0.2, 0) is 16.1 Å². The zero-order valence-electron chi connectivity index (χ0n) is 17.2. The number of rotatable bonds is 8. The van der Waals surface area contributed by atoms with Crippen LogP contribution >= 0.6 is 0 Å². The fraction of sp³-hybridized carbons (Fsp3) is 0.458. The van der Waals surface area contributed by atoms with E-state index in [4.69, 9.17) is 4.74 Å². The molecular formula is C24H31N3O2. The molecule has 2 aromatic rings. The highest BCUT2D eigenvalue weighted by atomic mass is 16.5. The van der Waals surface area contributed by atoms with Gasteiger partial charge in [0.05, 0.1) is 12.6 Å². The average molecular weight is 394 g/mol. The van der Waals surface area contributed by atoms with E-state index in [2.05, 4.69) is 58.6 Å². The van der Waals surface area contributed by atoms with Gasteiger partial charge in [0.1, 0.15) is 0 Å². The number of benzene rings is 2. The molecule has 2 fully saturated rings. The van der Waals surface area contributed by atoms with Crippen molar-refractivity contribution in [1.29, 1.82) is 0 Å². The van der Waals surface area contributed by atoms with E-state index >= 15 is 0 Å². The maximum atomic E-state index is 13.0. The summed E-state index contributed by atoms with van der Waals surface area (Å²) in [5.74, 6) is -0.00249. The molecule has 5 nitrogen and oxygen atoms in total. The fourth-order valence-corrected chi connectivity index (χ4v) is 4.19. The van der Waals surface area contributed by atoms with Crippen molar-refractivity contribution in [3.05, 3.63) is 71.8 Å². The highest BCUT2D eigenvalue weighted by Gasteiger charge is 2.43. The predicted molar refractivity (Wildman–Crippen MR) is 114 cm³/mol. The molecule has 2 aliphatic rings. The largest absolute Gasteiger partial charge is 0.365 e. The van der Waals surface area contributed by atoms with Crippen molar-refractivity contribution in [2.45, 2.75) is 37.6 Å². The standard InChI is InChI=1S/C24H31N3O2/c1-26(18-19-8-4-2-5-9-19)15-14-25-24(28)23-22(20-10-6-3-7-11-20)27(16-17-29-23)21-12-13-21/h2-11,21-23H,12-18H2,1H3,(H,25,28)/t22-,23+/m0/s1. The second-order valence-corrected chi connectivity index (χ2v) is 8.13. The number of nitrogens with zero attached hydrogens (tertiary/aromatic N) is 2. The Kier molecular flexibility index (Phi) is 6.60. The van der Waals surface area contributed by atoms with Crippen LogP contribution in [0, 0.1) is 0 Å². The topological polar surface area (TPSA) is 44.8 Å². The molecule has 154 valence electrons. The molecular weight excluding hydrogens is 362 g/mol. The summed E-state index contributed by atoms with van der Waals surface area (Å²) in [6.07, 6.45) is 2.00. The zero-order chi connectivity index (χ0) is 20.1. The Morgan fingerprint density at radius 1 is 1.10 bits per heavy atom. The van der Waals surface area contributed by atoms with Gasteiger partial charge in [0.2, 0.25) is 0 Å². The maximum absolute atomic E-state index is 13.0. The van der Waals surface area contributed by atoms with Crippen LogP contribution in [0.15, 0.2) is 60.7 Å². The van der Waals surface area contributed by atoms with Crippen molar-refractivity contribution in [3.8, 4) is 0 Å². The number of carbonyl (C=O) groups excluding carboxylic acids is 1. The average Bonchev–Trinajstić information content (AvgIpc) is 3.60. The zero-order valence-corrected chi connectivity index (χ0v) is 17.2. The van der Waals surface area contributed by atoms with Crippen LogP contribution in [0.3, 0.4) is 0 Å². The minimum atomic E-state index is -0.453. The summed E-state index contributed by atoms with van der Waals surface area (Å²) in [6, 6.07) is 21.3. The lowest BCUT2D eigenvalue weighted by Crippen LogP contribution is -2.53. The van der Waals surface area contributed by atoms with Crippen molar-refractivity contribution >= 4 is 5.91 Å². The summed E-state index contributed by atoms with van der Waals surface area (Å²) < 4.78 is 6.00. The first-order valence-corrected chi connectivity index (χ1v) is 10.6. The maximum Gasteiger partial charge on any atom is 0.251 e. The van der Waals surface area contributed by atoms with Crippen LogP contribution in [0.4, 0.5) is 0 Å². The monoisotopic (exact) mass is 393 g/mol. The molecule has 0 radical (unpaired) electrons. The van der Waals surface area contributed by atoms with E-state index < -0.39 is 6.10 Å². The van der Waals surface area contributed by atoms with Crippen LogP contribution in [0.1, 0.15) is 30.0 Å². The molecule has 0 spiro atoms. The molecule has 2 aromatic carbocycles. The smallest absolute Gasteiger partial charge is 0.251 e. The van der Waals surface area contributed by atoms with Crippen LogP contribution in [-0.4, -0.2) is 61.1 Å². The molecule has 1 aliphatic carbocycles. The SMILES string of the molecule is CN(CCNC(=O)[C@@H]1OCCN(C2CC2)[C@H]1c1ccccc1)Cc1ccccc1. The third kappa shape index (κ3) is 5.24. The molecule has 1 aliphatic heterocycles. The first-order chi connectivity index (χ1) is 14.2. The minimum absolute atomic E-state index is 0.000464. The molecule has 1 saturated heterocycles. The minimum Gasteiger partial charge on any atom is -0.365 e. The van der Waals surface area contributed by atoms with Crippen LogP contribution in [0.2, 0.25) is 0 Å². The van der Waals surface area contributed by atoms with Crippen molar-refractivity contribution in [1.82, 2.24) is 15.1 Å². The van der Waals surface area contributed by atoms with E-state index in [1.165, 1.54) is 24.0 Å². The fourth-order valence-electron chi connectivity index (χ4n) is 4.19. The van der Waals surface area contributed by atoms with Crippen molar-refractivity contribution in [2.75, 3.05) is 33.3 Å². The summed E-state index contributed by atoms with van der Waals surface area (Å²) in [4.78, 5) is 17.7. The van der Waals surface area contributed by atoms with Gasteiger partial charge in [0, 0.05) is 32.2 Å². The third-order valence-corrected chi connectivity index (χ3v) is 5.79. The van der Waals surface area contributed by atoms with Gasteiger partial charge in [-0.25, -0.2) is 0 Å². The first-order valence-electron chi connectivity index (χ1n) is 10.6. The van der Waals surface area contributed by atoms with E-state index in [1.54, 1.807) is 0 Å². The van der Waals surface area contributed by atoms with E-state index in [0.29, 0.717) is 19.2 Å². The van der Waals surface area contributed by atoms with E-state index in [-0.39, 0.29) is 11.9 Å². The van der Waals surface area contributed by atoms with Gasteiger partial charge in [-0.15, -0.1) is 0 Å². The summed E-state index contributed by atoms with van der Waals surface area (Å²) in [6.45, 7) is 3.81. The molecule has 4 rings (SSSR count). The molecule has 5 heteroatoms. The molecule has 29 heavy (non-hydrogen) atoms. The van der Waals surface area contributed by atoms with Gasteiger partial charge >= 0.3 is 0 Å². The Labute approximate surface area is 173 Å². The summed E-state index contributed by atoms with van der Waals surface area (Å²) >= 11 is 0. The third-order valence-electron chi connectivity index (χ3n) is 5.79. The second-order valence-electron chi connectivity index (χ2n) is 8.13. The molecule has 0 unspecified atom stereocenters. The lowest BCUT2D eigenvalue weighted by molar-refractivity contribution is -0.146. The Bertz CT molecular complexity index is 779. The number of morpholine rings is 1. The van der Waals surface area contributed by atoms with Crippen molar-refractivity contribution in [3.63, 3.8) is 0 Å². The number of ether oxygens (including phenoxy) is 1. The number of likely N-dealkylation sites (N-methyl/N-ethyl adjacent to an activating group) is 1. The molecule has 2 atom stereocenters. The predicted octanol–water partition coefficient (Wildman–Crippen LogP) is 2.84. The lowest BCUT2D eigenvalue weighted by atomic mass is 9.97. The second kappa shape index (κ2) is 9.53. The number of nitrogens with one attached hydrogen (secondary N) is 1. The lowest BCUT2D eigenvalue weighted by Gasteiger charge is -2.41. The van der Waals surface area contributed by atoms with E-state index in [1.807, 2.05) is 24.3 Å². The van der Waals surface area contributed by atoms with Crippen LogP contribution in [0.5, 0.6) is 0 Å². The van der Waals surface area contributed by atoms with E-state index in [9.17, 15) is 4.79 Å². The van der Waals surface area contributed by atoms with Crippen LogP contribution in [0.25, 0.3) is 0 Å². The van der Waals surface area contributed by atoms with E-state index in [0.717, 1.165) is 19.6 Å². The summed E-state index contributed by atoms with van der Waals surface area (Å²) in [5, 5.41) is 3.12. The van der Waals surface area contributed by atoms with Gasteiger partial charge in [0.25, 0.3) is 5.91 Å². The molecule has 1 heterocycles.